The Kier molecular flexibility index (Phi) is 4.84. The number of hydrogen-bond donors (Lipinski definition) is 1. The predicted octanol–water partition coefficient (Wildman–Crippen LogP) is 3.55. The fraction of sp³-hybridized carbons (Fsp3) is 0.474. The molecule has 1 saturated carbocycles. The zero-order valence-electron chi connectivity index (χ0n) is 14.4. The van der Waals surface area contributed by atoms with Gasteiger partial charge in [0.1, 0.15) is 0 Å². The zero-order valence-corrected chi connectivity index (χ0v) is 16.0. The number of thiazole rings is 1. The average molecular weight is 374 g/mol. The first-order valence-electron chi connectivity index (χ1n) is 8.79. The molecule has 1 aliphatic heterocycles. The Morgan fingerprint density at radius 1 is 1.32 bits per heavy atom. The summed E-state index contributed by atoms with van der Waals surface area (Å²) in [6, 6.07) is 8.26. The number of hydrogen-bond acceptors (Lipinski definition) is 5. The molecule has 2 aromatic rings. The molecule has 0 bridgehead atoms. The van der Waals surface area contributed by atoms with Crippen LogP contribution in [0.25, 0.3) is 0 Å². The number of nitrogens with two attached hydrogens (primary N) is 1. The van der Waals surface area contributed by atoms with Gasteiger partial charge in [-0.2, -0.15) is 0 Å². The molecule has 2 N–H and O–H groups in total. The second-order valence-electron chi connectivity index (χ2n) is 7.05. The summed E-state index contributed by atoms with van der Waals surface area (Å²) in [7, 11) is 0. The van der Waals surface area contributed by atoms with E-state index >= 15 is 0 Å². The highest BCUT2D eigenvalue weighted by Gasteiger charge is 2.42. The van der Waals surface area contributed by atoms with Crippen LogP contribution in [0.3, 0.4) is 0 Å². The van der Waals surface area contributed by atoms with Crippen molar-refractivity contribution in [1.82, 2.24) is 9.88 Å². The topological polar surface area (TPSA) is 59.2 Å². The van der Waals surface area contributed by atoms with Crippen LogP contribution in [0.2, 0.25) is 0 Å². The van der Waals surface area contributed by atoms with Gasteiger partial charge >= 0.3 is 0 Å². The number of fused-ring (bicyclic) bond motifs is 1. The quantitative estimate of drug-likeness (QED) is 0.833. The molecule has 2 fully saturated rings. The largest absolute Gasteiger partial charge is 0.338 e. The molecule has 132 valence electrons. The van der Waals surface area contributed by atoms with Crippen LogP contribution < -0.4 is 5.73 Å². The van der Waals surface area contributed by atoms with Gasteiger partial charge in [-0.05, 0) is 55.9 Å². The maximum atomic E-state index is 12.7. The molecule has 25 heavy (non-hydrogen) atoms. The highest BCUT2D eigenvalue weighted by molar-refractivity contribution is 7.98. The van der Waals surface area contributed by atoms with Crippen LogP contribution in [0, 0.1) is 18.8 Å². The van der Waals surface area contributed by atoms with Gasteiger partial charge in [-0.15, -0.1) is 23.1 Å². The summed E-state index contributed by atoms with van der Waals surface area (Å²) in [5, 5.41) is 3.21. The van der Waals surface area contributed by atoms with E-state index in [1.807, 2.05) is 36.1 Å². The Morgan fingerprint density at radius 2 is 2.12 bits per heavy atom. The molecular weight excluding hydrogens is 350 g/mol. The van der Waals surface area contributed by atoms with Crippen LogP contribution in [0.4, 0.5) is 0 Å². The van der Waals surface area contributed by atoms with Crippen LogP contribution in [0.15, 0.2) is 34.5 Å². The van der Waals surface area contributed by atoms with Gasteiger partial charge in [0.2, 0.25) is 0 Å². The standard InChI is InChI=1S/C19H23N3OS2/c1-12-21-15(10-24-12)11-25-16-5-2-13(3-6-16)19(23)22-8-14-4-7-18(20)17(14)9-22/h2-3,5-6,10,14,17-18H,4,7-9,11,20H2,1H3. The molecule has 4 nitrogen and oxygen atoms in total. The molecule has 0 radical (unpaired) electrons. The van der Waals surface area contributed by atoms with Crippen LogP contribution in [0.5, 0.6) is 0 Å². The number of thioether (sulfide) groups is 1. The lowest BCUT2D eigenvalue weighted by atomic mass is 9.98. The third-order valence-electron chi connectivity index (χ3n) is 5.35. The van der Waals surface area contributed by atoms with Crippen molar-refractivity contribution in [3.8, 4) is 0 Å². The van der Waals surface area contributed by atoms with E-state index in [9.17, 15) is 4.79 Å². The molecule has 6 heteroatoms. The Labute approximate surface area is 156 Å². The van der Waals surface area contributed by atoms with Crippen molar-refractivity contribution in [2.24, 2.45) is 17.6 Å². The summed E-state index contributed by atoms with van der Waals surface area (Å²) < 4.78 is 0. The number of carbonyl (C=O) groups excluding carboxylic acids is 1. The fourth-order valence-electron chi connectivity index (χ4n) is 3.98. The molecule has 1 aliphatic carbocycles. The highest BCUT2D eigenvalue weighted by Crippen LogP contribution is 2.37. The minimum Gasteiger partial charge on any atom is -0.338 e. The number of carbonyl (C=O) groups is 1. The summed E-state index contributed by atoms with van der Waals surface area (Å²) >= 11 is 3.44. The van der Waals surface area contributed by atoms with Gasteiger partial charge in [0.05, 0.1) is 10.7 Å². The van der Waals surface area contributed by atoms with Gasteiger partial charge in [-0.1, -0.05) is 0 Å². The lowest BCUT2D eigenvalue weighted by molar-refractivity contribution is 0.0779. The van der Waals surface area contributed by atoms with E-state index in [-0.39, 0.29) is 11.9 Å². The molecule has 0 spiro atoms. The first-order chi connectivity index (χ1) is 12.1. The van der Waals surface area contributed by atoms with Gasteiger partial charge in [0.25, 0.3) is 5.91 Å². The molecule has 4 rings (SSSR count). The lowest BCUT2D eigenvalue weighted by Crippen LogP contribution is -2.33. The minimum absolute atomic E-state index is 0.147. The summed E-state index contributed by atoms with van der Waals surface area (Å²) in [6.45, 7) is 3.72. The van der Waals surface area contributed by atoms with E-state index in [1.165, 1.54) is 11.3 Å². The zero-order chi connectivity index (χ0) is 17.4. The van der Waals surface area contributed by atoms with Gasteiger partial charge in [0, 0.05) is 40.7 Å². The SMILES string of the molecule is Cc1nc(CSc2ccc(C(=O)N3CC4CCC(N)C4C3)cc2)cs1. The normalized spacial score (nSPS) is 25.4. The molecule has 3 atom stereocenters. The maximum absolute atomic E-state index is 12.7. The molecule has 1 aromatic carbocycles. The predicted molar refractivity (Wildman–Crippen MR) is 103 cm³/mol. The lowest BCUT2D eigenvalue weighted by Gasteiger charge is -2.19. The third-order valence-corrected chi connectivity index (χ3v) is 7.22. The number of amides is 1. The van der Waals surface area contributed by atoms with Gasteiger partial charge in [0.15, 0.2) is 0 Å². The first kappa shape index (κ1) is 17.1. The Hall–Kier alpha value is -1.37. The summed E-state index contributed by atoms with van der Waals surface area (Å²) in [6.07, 6.45) is 2.28. The smallest absolute Gasteiger partial charge is 0.253 e. The van der Waals surface area contributed by atoms with Gasteiger partial charge in [-0.25, -0.2) is 4.98 Å². The Bertz CT molecular complexity index is 758. The van der Waals surface area contributed by atoms with Crippen molar-refractivity contribution in [1.29, 1.82) is 0 Å². The van der Waals surface area contributed by atoms with E-state index < -0.39 is 0 Å². The Balaban J connectivity index is 1.36. The third kappa shape index (κ3) is 3.61. The number of nitrogens with zero attached hydrogens (tertiary/aromatic N) is 2. The van der Waals surface area contributed by atoms with Crippen LogP contribution in [0.1, 0.15) is 33.9 Å². The van der Waals surface area contributed by atoms with Crippen molar-refractivity contribution in [3.05, 3.63) is 45.9 Å². The van der Waals surface area contributed by atoms with E-state index in [2.05, 4.69) is 10.4 Å². The van der Waals surface area contributed by atoms with E-state index in [0.717, 1.165) is 41.5 Å². The number of aryl methyl sites for hydroxylation is 1. The molecule has 3 unspecified atom stereocenters. The van der Waals surface area contributed by atoms with Crippen LogP contribution >= 0.6 is 23.1 Å². The average Bonchev–Trinajstić information content (AvgIpc) is 3.31. The number of rotatable bonds is 4. The Morgan fingerprint density at radius 3 is 2.80 bits per heavy atom. The van der Waals surface area contributed by atoms with Crippen molar-refractivity contribution >= 4 is 29.0 Å². The second-order valence-corrected chi connectivity index (χ2v) is 9.16. The molecule has 1 amide bonds. The van der Waals surface area contributed by atoms with E-state index in [0.29, 0.717) is 11.8 Å². The number of likely N-dealkylation sites (tertiary alicyclic amines) is 1. The summed E-state index contributed by atoms with van der Waals surface area (Å²) in [5.74, 6) is 2.12. The van der Waals surface area contributed by atoms with Crippen LogP contribution in [-0.2, 0) is 5.75 Å². The maximum Gasteiger partial charge on any atom is 0.253 e. The summed E-state index contributed by atoms with van der Waals surface area (Å²) in [5.41, 5.74) is 8.08. The number of aromatic nitrogens is 1. The van der Waals surface area contributed by atoms with Crippen molar-refractivity contribution in [2.75, 3.05) is 13.1 Å². The molecule has 1 aromatic heterocycles. The second kappa shape index (κ2) is 7.09. The molecular formula is C19H23N3OS2. The van der Waals surface area contributed by atoms with Gasteiger partial charge in [-0.3, -0.25) is 4.79 Å². The van der Waals surface area contributed by atoms with Crippen LogP contribution in [-0.4, -0.2) is 34.9 Å². The molecule has 2 aliphatic rings. The van der Waals surface area contributed by atoms with E-state index in [4.69, 9.17) is 5.73 Å². The van der Waals surface area contributed by atoms with Crippen molar-refractivity contribution < 1.29 is 4.79 Å². The van der Waals surface area contributed by atoms with Gasteiger partial charge < -0.3 is 10.6 Å². The van der Waals surface area contributed by atoms with Crippen molar-refractivity contribution in [3.63, 3.8) is 0 Å². The highest BCUT2D eigenvalue weighted by atomic mass is 32.2. The van der Waals surface area contributed by atoms with Crippen molar-refractivity contribution in [2.45, 2.75) is 36.5 Å². The minimum atomic E-state index is 0.147. The summed E-state index contributed by atoms with van der Waals surface area (Å²) in [4.78, 5) is 20.4. The fourth-order valence-corrected chi connectivity index (χ4v) is 5.49. The monoisotopic (exact) mass is 373 g/mol. The number of benzene rings is 1. The molecule has 1 saturated heterocycles. The first-order valence-corrected chi connectivity index (χ1v) is 10.7. The molecule has 2 heterocycles. The van der Waals surface area contributed by atoms with E-state index in [1.54, 1.807) is 23.1 Å².